The molecule has 2 rings (SSSR count). The lowest BCUT2D eigenvalue weighted by Crippen LogP contribution is -2.57. The number of rotatable bonds is 19. The topological polar surface area (TPSA) is 300 Å². The van der Waals surface area contributed by atoms with Gasteiger partial charge in [-0.25, -0.2) is 4.79 Å². The van der Waals surface area contributed by atoms with Crippen LogP contribution in [0.3, 0.4) is 0 Å². The summed E-state index contributed by atoms with van der Waals surface area (Å²) in [5.74, 6) is -3.63. The number of carbonyl (C=O) groups excluding carboxylic acids is 3. The normalized spacial score (nSPS) is 13.2. The minimum Gasteiger partial charge on any atom is -0.508 e. The summed E-state index contributed by atoms with van der Waals surface area (Å²) in [4.78, 5) is 59.7. The van der Waals surface area contributed by atoms with Crippen LogP contribution in [0.2, 0.25) is 0 Å². The van der Waals surface area contributed by atoms with Crippen LogP contribution in [-0.2, 0) is 32.0 Å². The van der Waals surface area contributed by atoms with E-state index in [-0.39, 0.29) is 69.3 Å². The van der Waals surface area contributed by atoms with Crippen LogP contribution in [0.25, 0.3) is 0 Å². The molecule has 0 fully saturated rings. The first-order valence-corrected chi connectivity index (χ1v) is 14.7. The first kappa shape index (κ1) is 36.8. The van der Waals surface area contributed by atoms with Gasteiger partial charge in [-0.3, -0.25) is 24.4 Å². The molecule has 0 aliphatic heterocycles. The third-order valence-electron chi connectivity index (χ3n) is 6.78. The zero-order valence-corrected chi connectivity index (χ0v) is 25.5. The molecule has 0 bridgehead atoms. The Kier molecular flexibility index (Phi) is 15.3. The predicted octanol–water partition coefficient (Wildman–Crippen LogP) is -1.85. The molecule has 4 atom stereocenters. The lowest BCUT2D eigenvalue weighted by Gasteiger charge is -2.25. The summed E-state index contributed by atoms with van der Waals surface area (Å²) in [5, 5.41) is 27.1. The van der Waals surface area contributed by atoms with Gasteiger partial charge in [0.15, 0.2) is 11.9 Å². The van der Waals surface area contributed by atoms with Crippen molar-refractivity contribution < 1.29 is 29.4 Å². The first-order valence-electron chi connectivity index (χ1n) is 14.7. The average Bonchev–Trinajstić information content (AvgIpc) is 3.00. The van der Waals surface area contributed by atoms with Crippen LogP contribution in [0, 0.1) is 0 Å². The van der Waals surface area contributed by atoms with Gasteiger partial charge < -0.3 is 54.8 Å². The number of benzene rings is 2. The molecular formula is C30H44N10O6. The Morgan fingerprint density at radius 3 is 1.67 bits per heavy atom. The van der Waals surface area contributed by atoms with E-state index in [2.05, 4.69) is 25.9 Å². The van der Waals surface area contributed by atoms with Crippen molar-refractivity contribution >= 4 is 35.6 Å². The molecule has 46 heavy (non-hydrogen) atoms. The van der Waals surface area contributed by atoms with E-state index in [1.807, 2.05) is 30.3 Å². The van der Waals surface area contributed by atoms with Gasteiger partial charge in [-0.15, -0.1) is 0 Å². The molecule has 0 aliphatic carbocycles. The summed E-state index contributed by atoms with van der Waals surface area (Å²) in [7, 11) is 0. The number of aliphatic imine (C=N–C) groups is 2. The summed E-state index contributed by atoms with van der Waals surface area (Å²) >= 11 is 0. The molecule has 16 heteroatoms. The minimum absolute atomic E-state index is 0.000786. The lowest BCUT2D eigenvalue weighted by atomic mass is 10.0. The van der Waals surface area contributed by atoms with Crippen molar-refractivity contribution in [1.29, 1.82) is 0 Å². The van der Waals surface area contributed by atoms with Crippen molar-refractivity contribution in [2.75, 3.05) is 13.1 Å². The van der Waals surface area contributed by atoms with Crippen molar-refractivity contribution in [1.82, 2.24) is 16.0 Å². The number of carboxylic acids is 1. The number of guanidine groups is 2. The standard InChI is InChI=1S/C30H44N10O6/c31-21(16-18-6-2-1-3-7-18)25(42)40-24(17-19-10-12-20(41)13-11-19)27(44)38-22(8-4-14-36-29(32)33)26(43)39-23(28(45)46)9-5-15-37-30(34)35/h1-3,6-7,10-13,21-24,41H,4-5,8-9,14-17,31H2,(H,38,44)(H,39,43)(H,40,42)(H,45,46)(H4,32,33,36)(H4,34,35,37). The highest BCUT2D eigenvalue weighted by molar-refractivity contribution is 5.94. The molecule has 15 N–H and O–H groups in total. The number of carboxylic acid groups (broad SMARTS) is 1. The largest absolute Gasteiger partial charge is 0.508 e. The third kappa shape index (κ3) is 13.9. The molecule has 0 aliphatic rings. The number of nitrogens with zero attached hydrogens (tertiary/aromatic N) is 2. The van der Waals surface area contributed by atoms with Gasteiger partial charge in [-0.2, -0.15) is 0 Å². The molecule has 0 spiro atoms. The minimum atomic E-state index is -1.29. The second-order valence-corrected chi connectivity index (χ2v) is 10.6. The summed E-state index contributed by atoms with van der Waals surface area (Å²) in [6, 6.07) is 10.5. The Labute approximate surface area is 266 Å². The Balaban J connectivity index is 2.25. The van der Waals surface area contributed by atoms with Crippen LogP contribution in [-0.4, -0.2) is 83.1 Å². The predicted molar refractivity (Wildman–Crippen MR) is 173 cm³/mol. The fourth-order valence-corrected chi connectivity index (χ4v) is 4.39. The maximum Gasteiger partial charge on any atom is 0.326 e. The lowest BCUT2D eigenvalue weighted by molar-refractivity contribution is -0.142. The summed E-state index contributed by atoms with van der Waals surface area (Å²) in [6.07, 6.45) is 0.806. The second-order valence-electron chi connectivity index (χ2n) is 10.6. The van der Waals surface area contributed by atoms with Crippen LogP contribution in [0.1, 0.15) is 36.8 Å². The number of aromatic hydroxyl groups is 1. The second kappa shape index (κ2) is 19.1. The molecule has 2 aromatic carbocycles. The van der Waals surface area contributed by atoms with Crippen LogP contribution >= 0.6 is 0 Å². The van der Waals surface area contributed by atoms with Gasteiger partial charge >= 0.3 is 5.97 Å². The van der Waals surface area contributed by atoms with E-state index >= 15 is 0 Å². The van der Waals surface area contributed by atoms with Crippen LogP contribution in [0.4, 0.5) is 0 Å². The van der Waals surface area contributed by atoms with E-state index < -0.39 is 47.9 Å². The highest BCUT2D eigenvalue weighted by atomic mass is 16.4. The summed E-state index contributed by atoms with van der Waals surface area (Å²) < 4.78 is 0. The smallest absolute Gasteiger partial charge is 0.326 e. The first-order chi connectivity index (χ1) is 21.8. The molecule has 0 radical (unpaired) electrons. The zero-order valence-electron chi connectivity index (χ0n) is 25.5. The molecular weight excluding hydrogens is 596 g/mol. The van der Waals surface area contributed by atoms with E-state index in [1.165, 1.54) is 12.1 Å². The maximum atomic E-state index is 13.7. The highest BCUT2D eigenvalue weighted by Crippen LogP contribution is 2.13. The Morgan fingerprint density at radius 2 is 1.13 bits per heavy atom. The van der Waals surface area contributed by atoms with Crippen molar-refractivity contribution in [3.8, 4) is 5.75 Å². The van der Waals surface area contributed by atoms with Crippen LogP contribution in [0.15, 0.2) is 64.6 Å². The van der Waals surface area contributed by atoms with Crippen molar-refractivity contribution in [2.45, 2.75) is 62.7 Å². The molecule has 0 heterocycles. The SMILES string of the molecule is NC(N)=NCCCC(NC(=O)C(CCCN=C(N)N)NC(=O)C(Cc1ccc(O)cc1)NC(=O)C(N)Cc1ccccc1)C(=O)O. The third-order valence-corrected chi connectivity index (χ3v) is 6.78. The van der Waals surface area contributed by atoms with Crippen LogP contribution in [0.5, 0.6) is 5.75 Å². The van der Waals surface area contributed by atoms with Gasteiger partial charge in [-0.05, 0) is 55.4 Å². The molecule has 0 saturated carbocycles. The number of amides is 3. The number of carbonyl (C=O) groups is 4. The van der Waals surface area contributed by atoms with E-state index in [9.17, 15) is 29.4 Å². The fourth-order valence-electron chi connectivity index (χ4n) is 4.39. The van der Waals surface area contributed by atoms with E-state index in [4.69, 9.17) is 28.7 Å². The Bertz CT molecular complexity index is 1350. The molecule has 0 aromatic heterocycles. The van der Waals surface area contributed by atoms with Gasteiger partial charge in [0.25, 0.3) is 0 Å². The van der Waals surface area contributed by atoms with Gasteiger partial charge in [0.2, 0.25) is 17.7 Å². The molecule has 250 valence electrons. The number of hydrogen-bond donors (Lipinski definition) is 10. The summed E-state index contributed by atoms with van der Waals surface area (Å²) in [5.41, 5.74) is 29.0. The Morgan fingerprint density at radius 1 is 0.652 bits per heavy atom. The number of nitrogens with two attached hydrogens (primary N) is 5. The van der Waals surface area contributed by atoms with Crippen molar-refractivity contribution in [3.63, 3.8) is 0 Å². The number of phenols is 1. The quantitative estimate of drug-likeness (QED) is 0.0462. The van der Waals surface area contributed by atoms with Gasteiger partial charge in [0.05, 0.1) is 6.04 Å². The number of phenolic OH excluding ortho intramolecular Hbond substituents is 1. The highest BCUT2D eigenvalue weighted by Gasteiger charge is 2.30. The molecule has 0 saturated heterocycles. The van der Waals surface area contributed by atoms with E-state index in [1.54, 1.807) is 12.1 Å². The monoisotopic (exact) mass is 640 g/mol. The Hall–Kier alpha value is -5.38. The molecule has 3 amide bonds. The van der Waals surface area contributed by atoms with Gasteiger partial charge in [0.1, 0.15) is 23.9 Å². The summed E-state index contributed by atoms with van der Waals surface area (Å²) in [6.45, 7) is 0.302. The number of hydrogen-bond acceptors (Lipinski definition) is 8. The van der Waals surface area contributed by atoms with Gasteiger partial charge in [-0.1, -0.05) is 42.5 Å². The van der Waals surface area contributed by atoms with Crippen molar-refractivity contribution in [2.24, 2.45) is 38.7 Å². The average molecular weight is 641 g/mol. The fraction of sp³-hybridized carbons (Fsp3) is 0.400. The maximum absolute atomic E-state index is 13.7. The van der Waals surface area contributed by atoms with Gasteiger partial charge in [0, 0.05) is 19.5 Å². The van der Waals surface area contributed by atoms with E-state index in [0.29, 0.717) is 5.56 Å². The van der Waals surface area contributed by atoms with Crippen molar-refractivity contribution in [3.05, 3.63) is 65.7 Å². The number of aliphatic carboxylic acids is 1. The molecule has 4 unspecified atom stereocenters. The van der Waals surface area contributed by atoms with Crippen LogP contribution < -0.4 is 44.6 Å². The van der Waals surface area contributed by atoms with E-state index in [0.717, 1.165) is 5.56 Å². The number of nitrogens with one attached hydrogen (secondary N) is 3. The zero-order chi connectivity index (χ0) is 34.1. The molecule has 16 nitrogen and oxygen atoms in total. The molecule has 2 aromatic rings.